The van der Waals surface area contributed by atoms with Crippen LogP contribution in [0.5, 0.6) is 5.75 Å². The van der Waals surface area contributed by atoms with Crippen LogP contribution in [0.4, 0.5) is 5.69 Å². The molecule has 0 saturated carbocycles. The van der Waals surface area contributed by atoms with Crippen molar-refractivity contribution in [1.82, 2.24) is 15.1 Å². The molecule has 2 aliphatic rings. The number of aliphatic imine (C=N–C) groups is 1. The predicted molar refractivity (Wildman–Crippen MR) is 115 cm³/mol. The average Bonchev–Trinajstić information content (AvgIpc) is 2.77. The molecule has 0 aromatic heterocycles. The van der Waals surface area contributed by atoms with Gasteiger partial charge in [0.2, 0.25) is 0 Å². The molecule has 2 heterocycles. The zero-order valence-electron chi connectivity index (χ0n) is 17.4. The Labute approximate surface area is 169 Å². The maximum atomic E-state index is 5.41. The second kappa shape index (κ2) is 11.1. The number of ether oxygens (including phenoxy) is 2. The molecule has 156 valence electrons. The number of methoxy groups -OCH3 is 1. The number of rotatable bonds is 7. The highest BCUT2D eigenvalue weighted by Gasteiger charge is 2.20. The number of morpholine rings is 1. The van der Waals surface area contributed by atoms with E-state index in [1.165, 1.54) is 5.69 Å². The van der Waals surface area contributed by atoms with Crippen LogP contribution in [0.1, 0.15) is 13.3 Å². The summed E-state index contributed by atoms with van der Waals surface area (Å²) >= 11 is 0. The third kappa shape index (κ3) is 6.01. The van der Waals surface area contributed by atoms with Gasteiger partial charge in [-0.2, -0.15) is 0 Å². The molecule has 1 aromatic rings. The second-order valence-electron chi connectivity index (χ2n) is 7.22. The molecule has 2 aliphatic heterocycles. The SMILES string of the molecule is CCNC(=NCCCN1CCOCC1)N1CCN(c2ccc(OC)cc2)CC1. The quantitative estimate of drug-likeness (QED) is 0.433. The fourth-order valence-corrected chi connectivity index (χ4v) is 3.70. The van der Waals surface area contributed by atoms with Crippen LogP contribution in [0.2, 0.25) is 0 Å². The maximum Gasteiger partial charge on any atom is 0.194 e. The van der Waals surface area contributed by atoms with Crippen LogP contribution in [-0.4, -0.2) is 95.0 Å². The normalized spacial score (nSPS) is 19.0. The molecule has 2 fully saturated rings. The summed E-state index contributed by atoms with van der Waals surface area (Å²) in [7, 11) is 1.70. The Balaban J connectivity index is 1.46. The highest BCUT2D eigenvalue weighted by atomic mass is 16.5. The molecule has 7 heteroatoms. The summed E-state index contributed by atoms with van der Waals surface area (Å²) in [5, 5.41) is 3.47. The van der Waals surface area contributed by atoms with Crippen LogP contribution in [0.3, 0.4) is 0 Å². The van der Waals surface area contributed by atoms with Crippen molar-refractivity contribution in [2.75, 3.05) is 84.1 Å². The van der Waals surface area contributed by atoms with Crippen molar-refractivity contribution in [3.8, 4) is 5.75 Å². The minimum atomic E-state index is 0.865. The van der Waals surface area contributed by atoms with Gasteiger partial charge in [-0.1, -0.05) is 0 Å². The highest BCUT2D eigenvalue weighted by molar-refractivity contribution is 5.80. The Morgan fingerprint density at radius 2 is 1.79 bits per heavy atom. The Kier molecular flexibility index (Phi) is 8.23. The third-order valence-electron chi connectivity index (χ3n) is 5.35. The van der Waals surface area contributed by atoms with Crippen molar-refractivity contribution in [3.05, 3.63) is 24.3 Å². The van der Waals surface area contributed by atoms with Gasteiger partial charge in [0.15, 0.2) is 5.96 Å². The minimum absolute atomic E-state index is 0.865. The van der Waals surface area contributed by atoms with Crippen LogP contribution < -0.4 is 15.0 Å². The van der Waals surface area contributed by atoms with Crippen LogP contribution in [0.15, 0.2) is 29.3 Å². The lowest BCUT2D eigenvalue weighted by atomic mass is 10.2. The lowest BCUT2D eigenvalue weighted by Crippen LogP contribution is -2.52. The second-order valence-corrected chi connectivity index (χ2v) is 7.22. The van der Waals surface area contributed by atoms with Crippen molar-refractivity contribution in [2.24, 2.45) is 4.99 Å². The van der Waals surface area contributed by atoms with Gasteiger partial charge in [-0.05, 0) is 37.6 Å². The summed E-state index contributed by atoms with van der Waals surface area (Å²) in [6, 6.07) is 8.34. The largest absolute Gasteiger partial charge is 0.497 e. The number of hydrogen-bond donors (Lipinski definition) is 1. The van der Waals surface area contributed by atoms with E-state index in [0.717, 1.165) is 90.2 Å². The van der Waals surface area contributed by atoms with E-state index >= 15 is 0 Å². The first-order valence-corrected chi connectivity index (χ1v) is 10.5. The van der Waals surface area contributed by atoms with E-state index in [2.05, 4.69) is 39.1 Å². The van der Waals surface area contributed by atoms with Crippen molar-refractivity contribution in [3.63, 3.8) is 0 Å². The van der Waals surface area contributed by atoms with Crippen LogP contribution in [-0.2, 0) is 4.74 Å². The number of benzene rings is 1. The third-order valence-corrected chi connectivity index (χ3v) is 5.35. The molecule has 1 N–H and O–H groups in total. The first kappa shape index (κ1) is 20.7. The lowest BCUT2D eigenvalue weighted by Gasteiger charge is -2.37. The molecule has 3 rings (SSSR count). The standard InChI is InChI=1S/C21H35N5O2/c1-3-22-21(23-9-4-10-24-15-17-28-18-16-24)26-13-11-25(12-14-26)19-5-7-20(27-2)8-6-19/h5-8H,3-4,9-18H2,1-2H3,(H,22,23). The lowest BCUT2D eigenvalue weighted by molar-refractivity contribution is 0.0377. The molecule has 28 heavy (non-hydrogen) atoms. The summed E-state index contributed by atoms with van der Waals surface area (Å²) in [4.78, 5) is 12.2. The monoisotopic (exact) mass is 389 g/mol. The molecule has 2 saturated heterocycles. The Morgan fingerprint density at radius 1 is 1.07 bits per heavy atom. The summed E-state index contributed by atoms with van der Waals surface area (Å²) < 4.78 is 10.7. The number of nitrogens with zero attached hydrogens (tertiary/aromatic N) is 4. The first-order chi connectivity index (χ1) is 13.8. The number of anilines is 1. The number of hydrogen-bond acceptors (Lipinski definition) is 5. The van der Waals surface area contributed by atoms with Gasteiger partial charge in [0, 0.05) is 64.6 Å². The van der Waals surface area contributed by atoms with E-state index in [-0.39, 0.29) is 0 Å². The van der Waals surface area contributed by atoms with E-state index in [4.69, 9.17) is 14.5 Å². The number of piperazine rings is 1. The predicted octanol–water partition coefficient (Wildman–Crippen LogP) is 1.51. The molecule has 0 aliphatic carbocycles. The van der Waals surface area contributed by atoms with Crippen molar-refractivity contribution in [2.45, 2.75) is 13.3 Å². The molecule has 0 radical (unpaired) electrons. The molecular formula is C21H35N5O2. The summed E-state index contributed by atoms with van der Waals surface area (Å²) in [5.74, 6) is 1.96. The fraction of sp³-hybridized carbons (Fsp3) is 0.667. The van der Waals surface area contributed by atoms with Gasteiger partial charge in [-0.15, -0.1) is 0 Å². The minimum Gasteiger partial charge on any atom is -0.497 e. The van der Waals surface area contributed by atoms with Gasteiger partial charge in [0.05, 0.1) is 20.3 Å². The first-order valence-electron chi connectivity index (χ1n) is 10.5. The van der Waals surface area contributed by atoms with Crippen molar-refractivity contribution >= 4 is 11.6 Å². The van der Waals surface area contributed by atoms with Crippen LogP contribution in [0, 0.1) is 0 Å². The van der Waals surface area contributed by atoms with Gasteiger partial charge in [0.1, 0.15) is 5.75 Å². The number of nitrogens with one attached hydrogen (secondary N) is 1. The summed E-state index contributed by atoms with van der Waals surface area (Å²) in [6.07, 6.45) is 1.10. The van der Waals surface area contributed by atoms with E-state index < -0.39 is 0 Å². The maximum absolute atomic E-state index is 5.41. The Bertz CT molecular complexity index is 593. The van der Waals surface area contributed by atoms with Gasteiger partial charge >= 0.3 is 0 Å². The van der Waals surface area contributed by atoms with E-state index in [1.807, 2.05) is 12.1 Å². The highest BCUT2D eigenvalue weighted by Crippen LogP contribution is 2.20. The van der Waals surface area contributed by atoms with Gasteiger partial charge in [-0.3, -0.25) is 9.89 Å². The molecule has 7 nitrogen and oxygen atoms in total. The van der Waals surface area contributed by atoms with Gasteiger partial charge in [0.25, 0.3) is 0 Å². The molecule has 0 spiro atoms. The smallest absolute Gasteiger partial charge is 0.194 e. The fourth-order valence-electron chi connectivity index (χ4n) is 3.70. The zero-order valence-corrected chi connectivity index (χ0v) is 17.4. The topological polar surface area (TPSA) is 52.6 Å². The summed E-state index contributed by atoms with van der Waals surface area (Å²) in [6.45, 7) is 12.8. The van der Waals surface area contributed by atoms with E-state index in [0.29, 0.717) is 0 Å². The molecular weight excluding hydrogens is 354 g/mol. The van der Waals surface area contributed by atoms with E-state index in [1.54, 1.807) is 7.11 Å². The number of guanidine groups is 1. The Hall–Kier alpha value is -1.99. The molecule has 1 aromatic carbocycles. The van der Waals surface area contributed by atoms with Crippen molar-refractivity contribution < 1.29 is 9.47 Å². The van der Waals surface area contributed by atoms with Gasteiger partial charge < -0.3 is 24.6 Å². The summed E-state index contributed by atoms with van der Waals surface area (Å²) in [5.41, 5.74) is 1.26. The van der Waals surface area contributed by atoms with Crippen LogP contribution >= 0.6 is 0 Å². The van der Waals surface area contributed by atoms with Crippen LogP contribution in [0.25, 0.3) is 0 Å². The van der Waals surface area contributed by atoms with Gasteiger partial charge in [-0.25, -0.2) is 0 Å². The molecule has 0 unspecified atom stereocenters. The molecule has 0 amide bonds. The Morgan fingerprint density at radius 3 is 2.43 bits per heavy atom. The van der Waals surface area contributed by atoms with E-state index in [9.17, 15) is 0 Å². The molecule has 0 atom stereocenters. The average molecular weight is 390 g/mol. The molecule has 0 bridgehead atoms. The van der Waals surface area contributed by atoms with Crippen molar-refractivity contribution in [1.29, 1.82) is 0 Å². The zero-order chi connectivity index (χ0) is 19.6.